The lowest BCUT2D eigenvalue weighted by molar-refractivity contribution is -0.0171. The van der Waals surface area contributed by atoms with Gasteiger partial charge in [0.1, 0.15) is 11.6 Å². The maximum absolute atomic E-state index is 13.7. The fourth-order valence-corrected chi connectivity index (χ4v) is 4.04. The Morgan fingerprint density at radius 1 is 1.13 bits per heavy atom. The first-order valence-corrected chi connectivity index (χ1v) is 8.94. The molecule has 1 atom stereocenters. The Kier molecular flexibility index (Phi) is 4.78. The van der Waals surface area contributed by atoms with E-state index in [0.29, 0.717) is 29.2 Å². The molecule has 122 valence electrons. The van der Waals surface area contributed by atoms with Crippen molar-refractivity contribution < 1.29 is 18.1 Å². The molecule has 2 aromatic carbocycles. The minimum Gasteiger partial charge on any atom is -0.467 e. The second-order valence-electron chi connectivity index (χ2n) is 5.82. The number of benzene rings is 2. The van der Waals surface area contributed by atoms with E-state index in [2.05, 4.69) is 6.07 Å². The lowest BCUT2D eigenvalue weighted by Gasteiger charge is -2.20. The Morgan fingerprint density at radius 2 is 1.91 bits per heavy atom. The van der Waals surface area contributed by atoms with Crippen LogP contribution in [0.25, 0.3) is 0 Å². The molecule has 0 aromatic heterocycles. The minimum absolute atomic E-state index is 0.148. The number of aryl methyl sites for hydroxylation is 2. The summed E-state index contributed by atoms with van der Waals surface area (Å²) >= 11 is 0. The largest absolute Gasteiger partial charge is 0.467 e. The average molecular weight is 334 g/mol. The number of fused-ring (bicyclic) bond motifs is 1. The van der Waals surface area contributed by atoms with E-state index in [4.69, 9.17) is 9.47 Å². The summed E-state index contributed by atoms with van der Waals surface area (Å²) in [5.74, 6) is 0.992. The quantitative estimate of drug-likeness (QED) is 0.854. The predicted molar refractivity (Wildman–Crippen MR) is 88.2 cm³/mol. The zero-order chi connectivity index (χ0) is 16.4. The Labute approximate surface area is 137 Å². The molecule has 3 rings (SSSR count). The summed E-state index contributed by atoms with van der Waals surface area (Å²) in [6.45, 7) is 4.50. The molecule has 0 aliphatic carbocycles. The highest BCUT2D eigenvalue weighted by Crippen LogP contribution is 2.30. The summed E-state index contributed by atoms with van der Waals surface area (Å²) < 4.78 is 36.9. The van der Waals surface area contributed by atoms with Crippen molar-refractivity contribution in [2.45, 2.75) is 32.0 Å². The van der Waals surface area contributed by atoms with Gasteiger partial charge in [0, 0.05) is 27.7 Å². The molecule has 1 heterocycles. The van der Waals surface area contributed by atoms with Gasteiger partial charge in [0.15, 0.2) is 6.79 Å². The molecule has 1 aliphatic rings. The van der Waals surface area contributed by atoms with Crippen molar-refractivity contribution in [3.63, 3.8) is 0 Å². The van der Waals surface area contributed by atoms with Gasteiger partial charge in [-0.25, -0.2) is 4.39 Å². The Balaban J connectivity index is 1.80. The monoisotopic (exact) mass is 334 g/mol. The lowest BCUT2D eigenvalue weighted by atomic mass is 10.1. The molecule has 0 unspecified atom stereocenters. The average Bonchev–Trinajstić information content (AvgIpc) is 2.50. The third kappa shape index (κ3) is 3.79. The topological polar surface area (TPSA) is 35.5 Å². The number of halogens is 1. The standard InChI is InChI=1S/C18H19FO3S/c1-12-3-4-13(2)15(5-12)9-23(20)10-16-7-17(19)6-14-8-21-11-22-18(14)16/h3-7H,8-11H2,1-2H3/t23-/m1/s1. The minimum atomic E-state index is -1.13. The van der Waals surface area contributed by atoms with Crippen LogP contribution in [0.4, 0.5) is 4.39 Å². The van der Waals surface area contributed by atoms with Crippen LogP contribution < -0.4 is 4.74 Å². The maximum atomic E-state index is 13.7. The normalized spacial score (nSPS) is 14.9. The van der Waals surface area contributed by atoms with E-state index in [1.165, 1.54) is 12.1 Å². The van der Waals surface area contributed by atoms with Gasteiger partial charge in [0.2, 0.25) is 0 Å². The second kappa shape index (κ2) is 6.81. The molecule has 23 heavy (non-hydrogen) atoms. The van der Waals surface area contributed by atoms with Crippen molar-refractivity contribution in [2.75, 3.05) is 6.79 Å². The van der Waals surface area contributed by atoms with Gasteiger partial charge in [-0.3, -0.25) is 4.21 Å². The van der Waals surface area contributed by atoms with Crippen LogP contribution in [-0.4, -0.2) is 11.0 Å². The van der Waals surface area contributed by atoms with Crippen molar-refractivity contribution in [3.05, 3.63) is 64.0 Å². The zero-order valence-corrected chi connectivity index (χ0v) is 14.0. The molecule has 2 aromatic rings. The zero-order valence-electron chi connectivity index (χ0n) is 13.2. The highest BCUT2D eigenvalue weighted by Gasteiger charge is 2.18. The highest BCUT2D eigenvalue weighted by molar-refractivity contribution is 7.83. The van der Waals surface area contributed by atoms with Crippen molar-refractivity contribution in [3.8, 4) is 5.75 Å². The molecular formula is C18H19FO3S. The van der Waals surface area contributed by atoms with E-state index in [1.54, 1.807) is 0 Å². The highest BCUT2D eigenvalue weighted by atomic mass is 32.2. The fraction of sp³-hybridized carbons (Fsp3) is 0.333. The maximum Gasteiger partial charge on any atom is 0.189 e. The van der Waals surface area contributed by atoms with Crippen molar-refractivity contribution in [1.29, 1.82) is 0 Å². The van der Waals surface area contributed by atoms with E-state index in [-0.39, 0.29) is 18.4 Å². The van der Waals surface area contributed by atoms with E-state index in [1.807, 2.05) is 26.0 Å². The first kappa shape index (κ1) is 16.1. The van der Waals surface area contributed by atoms with Gasteiger partial charge >= 0.3 is 0 Å². The molecule has 0 spiro atoms. The van der Waals surface area contributed by atoms with Crippen LogP contribution in [0.15, 0.2) is 30.3 Å². The van der Waals surface area contributed by atoms with E-state index >= 15 is 0 Å². The molecule has 1 aliphatic heterocycles. The van der Waals surface area contributed by atoms with Crippen molar-refractivity contribution >= 4 is 10.8 Å². The van der Waals surface area contributed by atoms with Gasteiger partial charge < -0.3 is 9.47 Å². The van der Waals surface area contributed by atoms with Gasteiger partial charge in [-0.05, 0) is 37.1 Å². The Bertz CT molecular complexity index is 758. The summed E-state index contributed by atoms with van der Waals surface area (Å²) in [4.78, 5) is 0. The fourth-order valence-electron chi connectivity index (χ4n) is 2.72. The summed E-state index contributed by atoms with van der Waals surface area (Å²) in [6, 6.07) is 8.94. The molecule has 0 radical (unpaired) electrons. The molecule has 5 heteroatoms. The Morgan fingerprint density at radius 3 is 2.74 bits per heavy atom. The third-order valence-electron chi connectivity index (χ3n) is 3.89. The number of hydrogen-bond donors (Lipinski definition) is 0. The van der Waals surface area contributed by atoms with Crippen LogP contribution >= 0.6 is 0 Å². The van der Waals surface area contributed by atoms with Crippen LogP contribution in [0, 0.1) is 19.7 Å². The number of ether oxygens (including phenoxy) is 2. The van der Waals surface area contributed by atoms with Crippen LogP contribution in [0.5, 0.6) is 5.75 Å². The first-order valence-electron chi connectivity index (χ1n) is 7.46. The molecule has 0 saturated heterocycles. The molecular weight excluding hydrogens is 315 g/mol. The molecule has 0 bridgehead atoms. The summed E-state index contributed by atoms with van der Waals surface area (Å²) in [7, 11) is -1.13. The molecule has 0 N–H and O–H groups in total. The Hall–Kier alpha value is -1.72. The van der Waals surface area contributed by atoms with E-state index in [0.717, 1.165) is 16.7 Å². The van der Waals surface area contributed by atoms with Crippen LogP contribution in [0.2, 0.25) is 0 Å². The predicted octanol–water partition coefficient (Wildman–Crippen LogP) is 3.76. The molecule has 0 fully saturated rings. The smallest absolute Gasteiger partial charge is 0.189 e. The van der Waals surface area contributed by atoms with Gasteiger partial charge in [0.25, 0.3) is 0 Å². The lowest BCUT2D eigenvalue weighted by Crippen LogP contribution is -2.14. The van der Waals surface area contributed by atoms with Crippen LogP contribution in [0.1, 0.15) is 27.8 Å². The van der Waals surface area contributed by atoms with Gasteiger partial charge in [-0.1, -0.05) is 23.8 Å². The molecule has 0 amide bonds. The van der Waals surface area contributed by atoms with Crippen molar-refractivity contribution in [2.24, 2.45) is 0 Å². The summed E-state index contributed by atoms with van der Waals surface area (Å²) in [5, 5.41) is 0. The van der Waals surface area contributed by atoms with Gasteiger partial charge in [0.05, 0.1) is 12.4 Å². The summed E-state index contributed by atoms with van der Waals surface area (Å²) in [5.41, 5.74) is 4.65. The van der Waals surface area contributed by atoms with Crippen LogP contribution in [-0.2, 0) is 33.6 Å². The first-order chi connectivity index (χ1) is 11.0. The van der Waals surface area contributed by atoms with E-state index in [9.17, 15) is 8.60 Å². The summed E-state index contributed by atoms with van der Waals surface area (Å²) in [6.07, 6.45) is 0. The second-order valence-corrected chi connectivity index (χ2v) is 7.28. The number of rotatable bonds is 4. The third-order valence-corrected chi connectivity index (χ3v) is 5.16. The van der Waals surface area contributed by atoms with Crippen molar-refractivity contribution in [1.82, 2.24) is 0 Å². The number of hydrogen-bond acceptors (Lipinski definition) is 3. The van der Waals surface area contributed by atoms with Crippen LogP contribution in [0.3, 0.4) is 0 Å². The van der Waals surface area contributed by atoms with E-state index < -0.39 is 10.8 Å². The van der Waals surface area contributed by atoms with Gasteiger partial charge in [-0.2, -0.15) is 0 Å². The molecule has 0 saturated carbocycles. The SMILES string of the molecule is Cc1ccc(C)c(C[S@@](=O)Cc2cc(F)cc3c2OCOC3)c1. The molecule has 3 nitrogen and oxygen atoms in total. The van der Waals surface area contributed by atoms with Gasteiger partial charge in [-0.15, -0.1) is 0 Å².